The predicted molar refractivity (Wildman–Crippen MR) is 36.8 cm³/mol. The average Bonchev–Trinajstić information content (AvgIpc) is 1.69. The molecule has 0 fully saturated rings. The molecule has 0 saturated heterocycles. The molecule has 0 spiro atoms. The lowest BCUT2D eigenvalue weighted by Crippen LogP contribution is -2.34. The van der Waals surface area contributed by atoms with Gasteiger partial charge in [-0.15, -0.1) is 0 Å². The molecule has 0 saturated carbocycles. The minimum absolute atomic E-state index is 0.565. The van der Waals surface area contributed by atoms with E-state index in [4.69, 9.17) is 5.73 Å². The van der Waals surface area contributed by atoms with Crippen molar-refractivity contribution in [3.63, 3.8) is 0 Å². The Labute approximate surface area is 51.7 Å². The fourth-order valence-electron chi connectivity index (χ4n) is 0.743. The lowest BCUT2D eigenvalue weighted by Gasteiger charge is -2.20. The zero-order chi connectivity index (χ0) is 6.57. The van der Waals surface area contributed by atoms with E-state index in [0.717, 1.165) is 13.0 Å². The monoisotopic (exact) mass is 116 g/mol. The van der Waals surface area contributed by atoms with Crippen LogP contribution in [0, 0.1) is 0 Å². The van der Waals surface area contributed by atoms with Gasteiger partial charge < -0.3 is 10.6 Å². The molecule has 8 heavy (non-hydrogen) atoms. The maximum absolute atomic E-state index is 5.44. The zero-order valence-corrected chi connectivity index (χ0v) is 6.02. The molecule has 0 amide bonds. The van der Waals surface area contributed by atoms with Crippen LogP contribution in [0.5, 0.6) is 0 Å². The molecule has 0 aromatic heterocycles. The Kier molecular flexibility index (Phi) is 3.83. The summed E-state index contributed by atoms with van der Waals surface area (Å²) in [5.41, 5.74) is 5.44. The number of rotatable bonds is 3. The second-order valence-electron chi connectivity index (χ2n) is 2.26. The SMILES string of the molecule is CC[C@H](CN)N(C)C. The highest BCUT2D eigenvalue weighted by atomic mass is 15.1. The predicted octanol–water partition coefficient (Wildman–Crippen LogP) is 0.285. The van der Waals surface area contributed by atoms with Crippen LogP contribution in [0.2, 0.25) is 0 Å². The van der Waals surface area contributed by atoms with Crippen molar-refractivity contribution >= 4 is 0 Å². The fourth-order valence-corrected chi connectivity index (χ4v) is 0.743. The second kappa shape index (κ2) is 3.87. The fraction of sp³-hybridized carbons (Fsp3) is 1.00. The van der Waals surface area contributed by atoms with Crippen molar-refractivity contribution in [2.24, 2.45) is 5.73 Å². The van der Waals surface area contributed by atoms with Gasteiger partial charge in [0.05, 0.1) is 0 Å². The number of likely N-dealkylation sites (N-methyl/N-ethyl adjacent to an activating group) is 1. The maximum atomic E-state index is 5.44. The topological polar surface area (TPSA) is 29.3 Å². The Bertz CT molecular complexity index is 48.5. The molecule has 0 heterocycles. The Morgan fingerprint density at radius 2 is 2.00 bits per heavy atom. The molecule has 0 aromatic rings. The van der Waals surface area contributed by atoms with Crippen molar-refractivity contribution < 1.29 is 0 Å². The molecule has 1 atom stereocenters. The molecular weight excluding hydrogens is 100 g/mol. The van der Waals surface area contributed by atoms with Crippen molar-refractivity contribution in [1.82, 2.24) is 4.90 Å². The Morgan fingerprint density at radius 3 is 2.00 bits per heavy atom. The van der Waals surface area contributed by atoms with Crippen LogP contribution in [-0.2, 0) is 0 Å². The largest absolute Gasteiger partial charge is 0.329 e. The summed E-state index contributed by atoms with van der Waals surface area (Å²) in [6, 6.07) is 0.565. The minimum Gasteiger partial charge on any atom is -0.329 e. The van der Waals surface area contributed by atoms with E-state index in [1.54, 1.807) is 0 Å². The summed E-state index contributed by atoms with van der Waals surface area (Å²) >= 11 is 0. The first kappa shape index (κ1) is 7.92. The van der Waals surface area contributed by atoms with E-state index in [1.807, 2.05) is 0 Å². The summed E-state index contributed by atoms with van der Waals surface area (Å²) in [7, 11) is 4.11. The van der Waals surface area contributed by atoms with E-state index < -0.39 is 0 Å². The van der Waals surface area contributed by atoms with Gasteiger partial charge in [0.1, 0.15) is 0 Å². The van der Waals surface area contributed by atoms with Crippen molar-refractivity contribution in [3.8, 4) is 0 Å². The molecule has 2 N–H and O–H groups in total. The molecule has 0 aliphatic carbocycles. The third-order valence-electron chi connectivity index (χ3n) is 1.47. The Hall–Kier alpha value is -0.0800. The number of nitrogens with two attached hydrogens (primary N) is 1. The van der Waals surface area contributed by atoms with Crippen molar-refractivity contribution in [2.45, 2.75) is 19.4 Å². The van der Waals surface area contributed by atoms with E-state index in [0.29, 0.717) is 6.04 Å². The van der Waals surface area contributed by atoms with Crippen molar-refractivity contribution in [3.05, 3.63) is 0 Å². The van der Waals surface area contributed by atoms with Crippen LogP contribution in [0.15, 0.2) is 0 Å². The second-order valence-corrected chi connectivity index (χ2v) is 2.26. The van der Waals surface area contributed by atoms with Crippen LogP contribution in [0.25, 0.3) is 0 Å². The summed E-state index contributed by atoms with van der Waals surface area (Å²) in [6.45, 7) is 2.92. The molecule has 2 heteroatoms. The third kappa shape index (κ3) is 2.28. The molecule has 0 aliphatic rings. The van der Waals surface area contributed by atoms with Crippen molar-refractivity contribution in [2.75, 3.05) is 20.6 Å². The van der Waals surface area contributed by atoms with Crippen LogP contribution in [0.3, 0.4) is 0 Å². The number of hydrogen-bond donors (Lipinski definition) is 1. The van der Waals surface area contributed by atoms with Gasteiger partial charge in [0.15, 0.2) is 0 Å². The van der Waals surface area contributed by atoms with Gasteiger partial charge in [0, 0.05) is 12.6 Å². The molecule has 0 aliphatic heterocycles. The molecular formula is C6H16N2. The molecule has 0 rings (SSSR count). The summed E-state index contributed by atoms with van der Waals surface area (Å²) < 4.78 is 0. The standard InChI is InChI=1S/C6H16N2/c1-4-6(5-7)8(2)3/h6H,4-5,7H2,1-3H3/t6-/m1/s1. The van der Waals surface area contributed by atoms with Crippen LogP contribution >= 0.6 is 0 Å². The summed E-state index contributed by atoms with van der Waals surface area (Å²) in [5.74, 6) is 0. The van der Waals surface area contributed by atoms with E-state index in [-0.39, 0.29) is 0 Å². The summed E-state index contributed by atoms with van der Waals surface area (Å²) in [4.78, 5) is 2.15. The quantitative estimate of drug-likeness (QED) is 0.574. The van der Waals surface area contributed by atoms with Gasteiger partial charge in [-0.1, -0.05) is 6.92 Å². The highest BCUT2D eigenvalue weighted by molar-refractivity contribution is 4.62. The molecule has 0 radical (unpaired) electrons. The van der Waals surface area contributed by atoms with Crippen molar-refractivity contribution in [1.29, 1.82) is 0 Å². The first-order valence-electron chi connectivity index (χ1n) is 3.08. The Morgan fingerprint density at radius 1 is 1.50 bits per heavy atom. The van der Waals surface area contributed by atoms with Gasteiger partial charge in [0.25, 0.3) is 0 Å². The maximum Gasteiger partial charge on any atom is 0.0209 e. The molecule has 50 valence electrons. The lowest BCUT2D eigenvalue weighted by molar-refractivity contribution is 0.292. The van der Waals surface area contributed by atoms with Crippen LogP contribution in [0.4, 0.5) is 0 Å². The number of nitrogens with zero attached hydrogens (tertiary/aromatic N) is 1. The average molecular weight is 116 g/mol. The molecule has 0 aromatic carbocycles. The first-order valence-corrected chi connectivity index (χ1v) is 3.08. The lowest BCUT2D eigenvalue weighted by atomic mass is 10.2. The molecule has 2 nitrogen and oxygen atoms in total. The van der Waals surface area contributed by atoms with E-state index in [2.05, 4.69) is 25.9 Å². The van der Waals surface area contributed by atoms with Crippen LogP contribution in [0.1, 0.15) is 13.3 Å². The highest BCUT2D eigenvalue weighted by Crippen LogP contribution is 1.93. The third-order valence-corrected chi connectivity index (χ3v) is 1.47. The normalized spacial score (nSPS) is 14.6. The summed E-state index contributed by atoms with van der Waals surface area (Å²) in [5, 5.41) is 0. The smallest absolute Gasteiger partial charge is 0.0209 e. The van der Waals surface area contributed by atoms with E-state index in [9.17, 15) is 0 Å². The minimum atomic E-state index is 0.565. The van der Waals surface area contributed by atoms with Gasteiger partial charge in [-0.3, -0.25) is 0 Å². The van der Waals surface area contributed by atoms with Gasteiger partial charge in [-0.25, -0.2) is 0 Å². The summed E-state index contributed by atoms with van der Waals surface area (Å²) in [6.07, 6.45) is 1.14. The van der Waals surface area contributed by atoms with Gasteiger partial charge in [-0.2, -0.15) is 0 Å². The first-order chi connectivity index (χ1) is 3.72. The molecule has 0 bridgehead atoms. The highest BCUT2D eigenvalue weighted by Gasteiger charge is 2.03. The van der Waals surface area contributed by atoms with Gasteiger partial charge >= 0.3 is 0 Å². The number of hydrogen-bond acceptors (Lipinski definition) is 2. The van der Waals surface area contributed by atoms with Gasteiger partial charge in [0.2, 0.25) is 0 Å². The zero-order valence-electron chi connectivity index (χ0n) is 6.02. The van der Waals surface area contributed by atoms with E-state index >= 15 is 0 Å². The van der Waals surface area contributed by atoms with Crippen LogP contribution in [-0.4, -0.2) is 31.6 Å². The molecule has 0 unspecified atom stereocenters. The van der Waals surface area contributed by atoms with Gasteiger partial charge in [-0.05, 0) is 20.5 Å². The Balaban J connectivity index is 3.35. The van der Waals surface area contributed by atoms with E-state index in [1.165, 1.54) is 0 Å². The van der Waals surface area contributed by atoms with Crippen LogP contribution < -0.4 is 5.73 Å².